The first kappa shape index (κ1) is 80.1. The van der Waals surface area contributed by atoms with Crippen LogP contribution in [-0.2, 0) is 14.3 Å². The van der Waals surface area contributed by atoms with Gasteiger partial charge in [-0.3, -0.25) is 4.79 Å². The summed E-state index contributed by atoms with van der Waals surface area (Å²) in [6.45, 7) is 3.69. The zero-order chi connectivity index (χ0) is 61.4. The third kappa shape index (κ3) is 52.7. The number of rotatable bonds is 62. The van der Waals surface area contributed by atoms with Crippen LogP contribution in [0.4, 0.5) is 0 Å². The minimum absolute atomic E-state index is 0.188. The van der Waals surface area contributed by atoms with Crippen LogP contribution in [0.3, 0.4) is 0 Å². The van der Waals surface area contributed by atoms with Crippen LogP contribution in [0.1, 0.15) is 322 Å². The number of nitrogens with one attached hydrogen (secondary N) is 1. The summed E-state index contributed by atoms with van der Waals surface area (Å²) in [5, 5.41) is 54.8. The summed E-state index contributed by atoms with van der Waals surface area (Å²) in [7, 11) is 0. The summed E-state index contributed by atoms with van der Waals surface area (Å²) in [6, 6.07) is -0.820. The topological polar surface area (TPSA) is 149 Å². The fourth-order valence-corrected chi connectivity index (χ4v) is 11.1. The zero-order valence-electron chi connectivity index (χ0n) is 55.1. The van der Waals surface area contributed by atoms with Gasteiger partial charge in [0.2, 0.25) is 5.91 Å². The van der Waals surface area contributed by atoms with Gasteiger partial charge in [-0.05, 0) is 77.0 Å². The Balaban J connectivity index is 2.15. The molecule has 0 aromatic carbocycles. The molecule has 0 bridgehead atoms. The predicted octanol–water partition coefficient (Wildman–Crippen LogP) is 19.9. The molecular formula is C76H135NO8. The lowest BCUT2D eigenvalue weighted by molar-refractivity contribution is -0.302. The molecule has 0 spiro atoms. The average molecular weight is 1190 g/mol. The van der Waals surface area contributed by atoms with Crippen LogP contribution in [0.5, 0.6) is 0 Å². The van der Waals surface area contributed by atoms with Gasteiger partial charge in [0.1, 0.15) is 24.4 Å². The number of aliphatic hydroxyl groups is 5. The SMILES string of the molecule is CC/C=C\C/C=C\C/C=C\C/C=C\C/C=C\C/C=C\C/C=C\CCCCCCCCCC(=O)NC(COC1OC(CO)C(O)C(O)C1O)C(O)/C=C/CCCCCCCCCCCCCCCCCCCCCCCCCCCCCCCCC. The lowest BCUT2D eigenvalue weighted by atomic mass is 9.99. The molecule has 0 aromatic heterocycles. The Morgan fingerprint density at radius 2 is 0.729 bits per heavy atom. The van der Waals surface area contributed by atoms with Crippen LogP contribution in [0, 0.1) is 0 Å². The highest BCUT2D eigenvalue weighted by molar-refractivity contribution is 5.76. The van der Waals surface area contributed by atoms with Gasteiger partial charge in [-0.1, -0.05) is 336 Å². The van der Waals surface area contributed by atoms with E-state index in [9.17, 15) is 30.3 Å². The first-order valence-corrected chi connectivity index (χ1v) is 36.0. The Labute approximate surface area is 523 Å². The van der Waals surface area contributed by atoms with Crippen molar-refractivity contribution in [2.45, 2.75) is 365 Å². The molecule has 1 saturated heterocycles. The molecule has 7 atom stereocenters. The van der Waals surface area contributed by atoms with E-state index in [1.807, 2.05) is 6.08 Å². The van der Waals surface area contributed by atoms with Crippen molar-refractivity contribution in [3.8, 4) is 0 Å². The molecular weight excluding hydrogens is 1050 g/mol. The summed E-state index contributed by atoms with van der Waals surface area (Å²) >= 11 is 0. The second-order valence-electron chi connectivity index (χ2n) is 24.7. The van der Waals surface area contributed by atoms with Crippen molar-refractivity contribution >= 4 is 5.91 Å². The van der Waals surface area contributed by atoms with E-state index in [1.165, 1.54) is 205 Å². The van der Waals surface area contributed by atoms with E-state index in [1.54, 1.807) is 6.08 Å². The van der Waals surface area contributed by atoms with Crippen LogP contribution >= 0.6 is 0 Å². The third-order valence-corrected chi connectivity index (χ3v) is 16.7. The molecule has 1 aliphatic rings. The zero-order valence-corrected chi connectivity index (χ0v) is 55.1. The molecule has 492 valence electrons. The first-order valence-electron chi connectivity index (χ1n) is 36.0. The standard InChI is InChI=1S/C76H135NO8/c1-3-5-7-9-11-13-15-17-19-21-23-25-27-29-31-33-34-35-36-38-39-41-43-45-47-49-51-53-55-57-59-61-63-65-70(79)69(68-84-76-75(83)74(82)73(81)71(67-78)85-76)77-72(80)66-64-62-60-58-56-54-52-50-48-46-44-42-40-37-32-30-28-26-24-22-20-18-16-14-12-10-8-6-4-2/h6,8,12,14,18,20,24,26,30,32,40,42,46,48,63,65,69-71,73-76,78-79,81-83H,3-5,7,9-11,13,15-17,19,21-23,25,27-29,31,33-39,41,43-45,47,49-62,64,66-68H2,1-2H3,(H,77,80)/b8-6-,14-12-,20-18-,26-24-,32-30-,42-40-,48-46-,65-63+. The fourth-order valence-electron chi connectivity index (χ4n) is 11.1. The Kier molecular flexibility index (Phi) is 60.4. The molecule has 1 heterocycles. The maximum absolute atomic E-state index is 13.1. The molecule has 0 radical (unpaired) electrons. The Morgan fingerprint density at radius 3 is 1.08 bits per heavy atom. The number of hydrogen-bond donors (Lipinski definition) is 6. The number of ether oxygens (including phenoxy) is 2. The summed E-state index contributed by atoms with van der Waals surface area (Å²) in [5.74, 6) is -0.188. The molecule has 9 nitrogen and oxygen atoms in total. The van der Waals surface area contributed by atoms with Gasteiger partial charge in [0, 0.05) is 6.42 Å². The normalized spacial score (nSPS) is 18.7. The van der Waals surface area contributed by atoms with Crippen molar-refractivity contribution in [1.29, 1.82) is 0 Å². The molecule has 0 aromatic rings. The summed E-state index contributed by atoms with van der Waals surface area (Å²) < 4.78 is 11.3. The molecule has 0 saturated carbocycles. The molecule has 1 rings (SSSR count). The molecule has 85 heavy (non-hydrogen) atoms. The minimum atomic E-state index is -1.58. The van der Waals surface area contributed by atoms with Crippen molar-refractivity contribution in [2.24, 2.45) is 0 Å². The van der Waals surface area contributed by atoms with Crippen LogP contribution < -0.4 is 5.32 Å². The van der Waals surface area contributed by atoms with Crippen molar-refractivity contribution < 1.29 is 39.8 Å². The lowest BCUT2D eigenvalue weighted by Crippen LogP contribution is -2.60. The number of unbranched alkanes of at least 4 members (excludes halogenated alkanes) is 38. The maximum atomic E-state index is 13.1. The number of carbonyl (C=O) groups is 1. The van der Waals surface area contributed by atoms with E-state index < -0.39 is 49.5 Å². The van der Waals surface area contributed by atoms with E-state index in [4.69, 9.17) is 9.47 Å². The summed E-state index contributed by atoms with van der Waals surface area (Å²) in [4.78, 5) is 13.1. The molecule has 9 heteroatoms. The van der Waals surface area contributed by atoms with E-state index in [-0.39, 0.29) is 12.5 Å². The predicted molar refractivity (Wildman–Crippen MR) is 364 cm³/mol. The highest BCUT2D eigenvalue weighted by Crippen LogP contribution is 2.23. The smallest absolute Gasteiger partial charge is 0.220 e. The monoisotopic (exact) mass is 1190 g/mol. The summed E-state index contributed by atoms with van der Waals surface area (Å²) in [6.07, 6.45) is 86.6. The quantitative estimate of drug-likeness (QED) is 0.0261. The van der Waals surface area contributed by atoms with Crippen molar-refractivity contribution in [1.82, 2.24) is 5.32 Å². The first-order chi connectivity index (χ1) is 41.8. The van der Waals surface area contributed by atoms with Gasteiger partial charge < -0.3 is 40.3 Å². The van der Waals surface area contributed by atoms with Crippen LogP contribution in [-0.4, -0.2) is 87.5 Å². The molecule has 7 unspecified atom stereocenters. The van der Waals surface area contributed by atoms with Crippen LogP contribution in [0.15, 0.2) is 97.2 Å². The largest absolute Gasteiger partial charge is 0.394 e. The van der Waals surface area contributed by atoms with Gasteiger partial charge in [0.25, 0.3) is 0 Å². The second-order valence-corrected chi connectivity index (χ2v) is 24.7. The number of carbonyl (C=O) groups excluding carboxylic acids is 1. The maximum Gasteiger partial charge on any atom is 0.220 e. The van der Waals surface area contributed by atoms with Gasteiger partial charge in [0.05, 0.1) is 25.4 Å². The number of amides is 1. The van der Waals surface area contributed by atoms with Gasteiger partial charge >= 0.3 is 0 Å². The van der Waals surface area contributed by atoms with Gasteiger partial charge in [-0.15, -0.1) is 0 Å². The minimum Gasteiger partial charge on any atom is -0.394 e. The van der Waals surface area contributed by atoms with E-state index in [2.05, 4.69) is 104 Å². The van der Waals surface area contributed by atoms with Crippen LogP contribution in [0.2, 0.25) is 0 Å². The Bertz CT molecular complexity index is 1670. The van der Waals surface area contributed by atoms with Crippen molar-refractivity contribution in [3.63, 3.8) is 0 Å². The third-order valence-electron chi connectivity index (χ3n) is 16.7. The molecule has 1 fully saturated rings. The Morgan fingerprint density at radius 1 is 0.412 bits per heavy atom. The van der Waals surface area contributed by atoms with Gasteiger partial charge in [-0.25, -0.2) is 0 Å². The van der Waals surface area contributed by atoms with Gasteiger partial charge in [-0.2, -0.15) is 0 Å². The number of hydrogen-bond acceptors (Lipinski definition) is 8. The molecule has 0 aliphatic carbocycles. The molecule has 1 amide bonds. The molecule has 1 aliphatic heterocycles. The van der Waals surface area contributed by atoms with E-state index in [0.717, 1.165) is 96.3 Å². The molecule has 6 N–H and O–H groups in total. The van der Waals surface area contributed by atoms with E-state index >= 15 is 0 Å². The fraction of sp³-hybridized carbons (Fsp3) is 0.776. The second kappa shape index (κ2) is 64.1. The highest BCUT2D eigenvalue weighted by Gasteiger charge is 2.44. The number of aliphatic hydroxyl groups excluding tert-OH is 5. The van der Waals surface area contributed by atoms with Crippen molar-refractivity contribution in [2.75, 3.05) is 13.2 Å². The van der Waals surface area contributed by atoms with Gasteiger partial charge in [0.15, 0.2) is 6.29 Å². The summed E-state index contributed by atoms with van der Waals surface area (Å²) in [5.41, 5.74) is 0. The van der Waals surface area contributed by atoms with Crippen molar-refractivity contribution in [3.05, 3.63) is 97.2 Å². The lowest BCUT2D eigenvalue weighted by Gasteiger charge is -2.40. The highest BCUT2D eigenvalue weighted by atomic mass is 16.7. The van der Waals surface area contributed by atoms with E-state index in [0.29, 0.717) is 6.42 Å². The number of allylic oxidation sites excluding steroid dienone is 15. The van der Waals surface area contributed by atoms with Crippen LogP contribution in [0.25, 0.3) is 0 Å². The average Bonchev–Trinajstić information content (AvgIpc) is 3.56. The Hall–Kier alpha value is -2.89.